The molecule has 0 saturated carbocycles. The van der Waals surface area contributed by atoms with Crippen LogP contribution in [0.15, 0.2) is 12.3 Å². The van der Waals surface area contributed by atoms with Gasteiger partial charge in [-0.25, -0.2) is 0 Å². The number of nitrogens with one attached hydrogen (secondary N) is 1. The van der Waals surface area contributed by atoms with Crippen molar-refractivity contribution < 1.29 is 0 Å². The van der Waals surface area contributed by atoms with Crippen LogP contribution in [0.2, 0.25) is 0 Å². The summed E-state index contributed by atoms with van der Waals surface area (Å²) in [4.78, 5) is 0. The van der Waals surface area contributed by atoms with Gasteiger partial charge in [0.25, 0.3) is 0 Å². The van der Waals surface area contributed by atoms with Crippen LogP contribution in [0.4, 0.5) is 0 Å². The number of aryl methyl sites for hydroxylation is 1. The van der Waals surface area contributed by atoms with Crippen molar-refractivity contribution in [1.29, 1.82) is 5.26 Å². The zero-order valence-corrected chi connectivity index (χ0v) is 8.53. The van der Waals surface area contributed by atoms with Crippen LogP contribution in [0.5, 0.6) is 0 Å². The first-order chi connectivity index (χ1) is 6.84. The molecule has 0 atom stereocenters. The average molecular weight is 192 g/mol. The maximum atomic E-state index is 8.33. The smallest absolute Gasteiger partial charge is 0.0621 e. The van der Waals surface area contributed by atoms with E-state index in [1.165, 1.54) is 5.69 Å². The first kappa shape index (κ1) is 10.7. The van der Waals surface area contributed by atoms with Crippen molar-refractivity contribution in [3.63, 3.8) is 0 Å². The molecule has 0 aliphatic carbocycles. The Morgan fingerprint density at radius 1 is 1.57 bits per heavy atom. The molecule has 0 bridgehead atoms. The molecule has 0 fully saturated rings. The second-order valence-corrected chi connectivity index (χ2v) is 3.24. The largest absolute Gasteiger partial charge is 0.311 e. The van der Waals surface area contributed by atoms with Crippen LogP contribution in [0.1, 0.15) is 25.0 Å². The highest BCUT2D eigenvalue weighted by Crippen LogP contribution is 1.96. The van der Waals surface area contributed by atoms with E-state index < -0.39 is 0 Å². The van der Waals surface area contributed by atoms with Crippen molar-refractivity contribution in [1.82, 2.24) is 15.1 Å². The van der Waals surface area contributed by atoms with Crippen LogP contribution in [-0.4, -0.2) is 16.3 Å². The maximum Gasteiger partial charge on any atom is 0.0621 e. The lowest BCUT2D eigenvalue weighted by Crippen LogP contribution is -2.16. The molecule has 0 aliphatic heterocycles. The summed E-state index contributed by atoms with van der Waals surface area (Å²) in [5.41, 5.74) is 1.19. The summed E-state index contributed by atoms with van der Waals surface area (Å²) in [6.07, 6.45) is 4.50. The molecule has 76 valence electrons. The number of nitrogens with zero attached hydrogens (tertiary/aromatic N) is 3. The highest BCUT2D eigenvalue weighted by atomic mass is 15.3. The van der Waals surface area contributed by atoms with Gasteiger partial charge in [0.15, 0.2) is 0 Å². The Morgan fingerprint density at radius 3 is 3.07 bits per heavy atom. The van der Waals surface area contributed by atoms with E-state index in [2.05, 4.69) is 16.5 Å². The standard InChI is InChI=1S/C10H16N4/c1-14-10(5-8-13-14)9-12-7-4-2-3-6-11/h5,8,12H,2-4,7,9H2,1H3. The molecular formula is C10H16N4. The Morgan fingerprint density at radius 2 is 2.43 bits per heavy atom. The Hall–Kier alpha value is -1.34. The van der Waals surface area contributed by atoms with E-state index in [9.17, 15) is 0 Å². The third kappa shape index (κ3) is 3.58. The molecular weight excluding hydrogens is 176 g/mol. The van der Waals surface area contributed by atoms with Crippen molar-refractivity contribution in [3.8, 4) is 6.07 Å². The minimum absolute atomic E-state index is 0.660. The van der Waals surface area contributed by atoms with Gasteiger partial charge in [-0.3, -0.25) is 4.68 Å². The average Bonchev–Trinajstić information content (AvgIpc) is 2.58. The molecule has 1 heterocycles. The molecule has 14 heavy (non-hydrogen) atoms. The van der Waals surface area contributed by atoms with Gasteiger partial charge in [0, 0.05) is 26.2 Å². The summed E-state index contributed by atoms with van der Waals surface area (Å²) in [5, 5.41) is 15.7. The van der Waals surface area contributed by atoms with Crippen LogP contribution in [0.3, 0.4) is 0 Å². The zero-order valence-electron chi connectivity index (χ0n) is 8.53. The quantitative estimate of drug-likeness (QED) is 0.689. The summed E-state index contributed by atoms with van der Waals surface area (Å²) in [6.45, 7) is 1.82. The number of nitriles is 1. The number of rotatable bonds is 6. The summed E-state index contributed by atoms with van der Waals surface area (Å²) in [7, 11) is 1.94. The first-order valence-corrected chi connectivity index (χ1v) is 4.89. The summed E-state index contributed by atoms with van der Waals surface area (Å²) in [5.74, 6) is 0. The van der Waals surface area contributed by atoms with Gasteiger partial charge in [-0.15, -0.1) is 0 Å². The van der Waals surface area contributed by atoms with E-state index in [1.54, 1.807) is 6.20 Å². The predicted molar refractivity (Wildman–Crippen MR) is 54.4 cm³/mol. The fraction of sp³-hybridized carbons (Fsp3) is 0.600. The SMILES string of the molecule is Cn1nccc1CNCCCCC#N. The summed E-state index contributed by atoms with van der Waals surface area (Å²) in [6, 6.07) is 4.14. The highest BCUT2D eigenvalue weighted by molar-refractivity contribution is 4.98. The van der Waals surface area contributed by atoms with Gasteiger partial charge in [-0.05, 0) is 25.5 Å². The highest BCUT2D eigenvalue weighted by Gasteiger charge is 1.96. The molecule has 0 aliphatic rings. The van der Waals surface area contributed by atoms with E-state index >= 15 is 0 Å². The van der Waals surface area contributed by atoms with Crippen molar-refractivity contribution in [3.05, 3.63) is 18.0 Å². The molecule has 0 amide bonds. The first-order valence-electron chi connectivity index (χ1n) is 4.89. The lowest BCUT2D eigenvalue weighted by atomic mass is 10.2. The van der Waals surface area contributed by atoms with Gasteiger partial charge in [-0.1, -0.05) is 0 Å². The minimum atomic E-state index is 0.660. The Balaban J connectivity index is 2.05. The molecule has 0 aromatic carbocycles. The number of aromatic nitrogens is 2. The van der Waals surface area contributed by atoms with Crippen LogP contribution in [0.25, 0.3) is 0 Å². The molecule has 1 N–H and O–H groups in total. The van der Waals surface area contributed by atoms with Crippen LogP contribution in [-0.2, 0) is 13.6 Å². The Labute approximate surface area is 84.5 Å². The maximum absolute atomic E-state index is 8.33. The molecule has 0 spiro atoms. The normalized spacial score (nSPS) is 10.0. The molecule has 0 unspecified atom stereocenters. The monoisotopic (exact) mass is 192 g/mol. The van der Waals surface area contributed by atoms with Crippen LogP contribution in [0, 0.1) is 11.3 Å². The van der Waals surface area contributed by atoms with Crippen LogP contribution >= 0.6 is 0 Å². The Bertz CT molecular complexity index is 297. The van der Waals surface area contributed by atoms with E-state index in [4.69, 9.17) is 5.26 Å². The van der Waals surface area contributed by atoms with E-state index in [0.29, 0.717) is 6.42 Å². The summed E-state index contributed by atoms with van der Waals surface area (Å²) >= 11 is 0. The molecule has 0 saturated heterocycles. The summed E-state index contributed by atoms with van der Waals surface area (Å²) < 4.78 is 1.86. The molecule has 4 nitrogen and oxygen atoms in total. The van der Waals surface area contributed by atoms with Crippen molar-refractivity contribution in [2.75, 3.05) is 6.54 Å². The van der Waals surface area contributed by atoms with E-state index in [-0.39, 0.29) is 0 Å². The molecule has 4 heteroatoms. The third-order valence-corrected chi connectivity index (χ3v) is 2.12. The molecule has 1 aromatic rings. The number of hydrogen-bond donors (Lipinski definition) is 1. The van der Waals surface area contributed by atoms with Gasteiger partial charge in [0.1, 0.15) is 0 Å². The second-order valence-electron chi connectivity index (χ2n) is 3.24. The minimum Gasteiger partial charge on any atom is -0.311 e. The number of hydrogen-bond acceptors (Lipinski definition) is 3. The van der Waals surface area contributed by atoms with Crippen molar-refractivity contribution >= 4 is 0 Å². The molecule has 0 radical (unpaired) electrons. The lowest BCUT2D eigenvalue weighted by Gasteiger charge is -2.03. The fourth-order valence-electron chi connectivity index (χ4n) is 1.25. The lowest BCUT2D eigenvalue weighted by molar-refractivity contribution is 0.595. The van der Waals surface area contributed by atoms with Gasteiger partial charge in [-0.2, -0.15) is 10.4 Å². The van der Waals surface area contributed by atoms with Gasteiger partial charge in [0.2, 0.25) is 0 Å². The zero-order chi connectivity index (χ0) is 10.2. The molecule has 1 rings (SSSR count). The van der Waals surface area contributed by atoms with Gasteiger partial charge in [0.05, 0.1) is 11.8 Å². The molecule has 1 aromatic heterocycles. The van der Waals surface area contributed by atoms with Crippen molar-refractivity contribution in [2.45, 2.75) is 25.8 Å². The van der Waals surface area contributed by atoms with Gasteiger partial charge < -0.3 is 5.32 Å². The third-order valence-electron chi connectivity index (χ3n) is 2.12. The Kier molecular flexibility index (Phi) is 4.73. The fourth-order valence-corrected chi connectivity index (χ4v) is 1.25. The van der Waals surface area contributed by atoms with Crippen LogP contribution < -0.4 is 5.32 Å². The topological polar surface area (TPSA) is 53.6 Å². The number of unbranched alkanes of at least 4 members (excludes halogenated alkanes) is 2. The van der Waals surface area contributed by atoms with E-state index in [1.807, 2.05) is 17.8 Å². The second kappa shape index (κ2) is 6.17. The van der Waals surface area contributed by atoms with Gasteiger partial charge >= 0.3 is 0 Å². The predicted octanol–water partition coefficient (Wildman–Crippen LogP) is 1.20. The van der Waals surface area contributed by atoms with E-state index in [0.717, 1.165) is 25.9 Å². The van der Waals surface area contributed by atoms with Crippen molar-refractivity contribution in [2.24, 2.45) is 7.05 Å².